The number of esters is 1. The maximum absolute atomic E-state index is 11.6. The fraction of sp³-hybridized carbons (Fsp3) is 0.467. The summed E-state index contributed by atoms with van der Waals surface area (Å²) in [5.74, 6) is -0.172. The molecule has 1 fully saturated rings. The molecule has 3 atom stereocenters. The monoisotopic (exact) mass is 276 g/mol. The van der Waals surface area contributed by atoms with E-state index in [1.54, 1.807) is 0 Å². The van der Waals surface area contributed by atoms with Crippen LogP contribution in [0.3, 0.4) is 0 Å². The number of carbonyl (C=O) groups excluding carboxylic acids is 2. The minimum atomic E-state index is -0.630. The SMILES string of the molecule is COC(=O)C(CNC1CC1c1ccccc1)NC(C)=O. The molecule has 5 heteroatoms. The molecule has 0 heterocycles. The largest absolute Gasteiger partial charge is 0.467 e. The van der Waals surface area contributed by atoms with Gasteiger partial charge in [0.05, 0.1) is 7.11 Å². The molecular weight excluding hydrogens is 256 g/mol. The summed E-state index contributed by atoms with van der Waals surface area (Å²) < 4.78 is 4.68. The number of benzene rings is 1. The van der Waals surface area contributed by atoms with E-state index in [2.05, 4.69) is 27.5 Å². The Labute approximate surface area is 118 Å². The second-order valence-electron chi connectivity index (χ2n) is 5.04. The zero-order valence-corrected chi connectivity index (χ0v) is 11.8. The second kappa shape index (κ2) is 6.52. The summed E-state index contributed by atoms with van der Waals surface area (Å²) in [4.78, 5) is 22.6. The van der Waals surface area contributed by atoms with E-state index < -0.39 is 12.0 Å². The highest BCUT2D eigenvalue weighted by Crippen LogP contribution is 2.40. The normalized spacial score (nSPS) is 21.9. The summed E-state index contributed by atoms with van der Waals surface area (Å²) in [6.45, 7) is 1.78. The van der Waals surface area contributed by atoms with Crippen LogP contribution < -0.4 is 10.6 Å². The van der Waals surface area contributed by atoms with Crippen LogP contribution in [0.15, 0.2) is 30.3 Å². The highest BCUT2D eigenvalue weighted by atomic mass is 16.5. The summed E-state index contributed by atoms with van der Waals surface area (Å²) in [6.07, 6.45) is 1.05. The molecule has 1 saturated carbocycles. The van der Waals surface area contributed by atoms with E-state index in [0.717, 1.165) is 6.42 Å². The van der Waals surface area contributed by atoms with Crippen molar-refractivity contribution >= 4 is 11.9 Å². The van der Waals surface area contributed by atoms with E-state index in [-0.39, 0.29) is 5.91 Å². The molecule has 20 heavy (non-hydrogen) atoms. The van der Waals surface area contributed by atoms with Gasteiger partial charge in [-0.15, -0.1) is 0 Å². The van der Waals surface area contributed by atoms with Crippen molar-refractivity contribution in [3.8, 4) is 0 Å². The Bertz CT molecular complexity index is 475. The Balaban J connectivity index is 1.82. The molecule has 0 aromatic heterocycles. The van der Waals surface area contributed by atoms with E-state index in [1.807, 2.05) is 18.2 Å². The molecule has 108 valence electrons. The molecule has 0 radical (unpaired) electrons. The minimum absolute atomic E-state index is 0.238. The van der Waals surface area contributed by atoms with Crippen molar-refractivity contribution in [2.24, 2.45) is 0 Å². The number of ether oxygens (including phenoxy) is 1. The standard InChI is InChI=1S/C15H20N2O3/c1-10(18)17-14(15(19)20-2)9-16-13-8-12(13)11-6-4-3-5-7-11/h3-7,12-14,16H,8-9H2,1-2H3,(H,17,18). The van der Waals surface area contributed by atoms with Crippen molar-refractivity contribution in [1.82, 2.24) is 10.6 Å². The zero-order valence-electron chi connectivity index (χ0n) is 11.8. The van der Waals surface area contributed by atoms with Crippen LogP contribution in [-0.2, 0) is 14.3 Å². The highest BCUT2D eigenvalue weighted by Gasteiger charge is 2.38. The third-order valence-electron chi connectivity index (χ3n) is 3.47. The predicted molar refractivity (Wildman–Crippen MR) is 75.2 cm³/mol. The number of hydrogen-bond donors (Lipinski definition) is 2. The van der Waals surface area contributed by atoms with Gasteiger partial charge in [0.1, 0.15) is 6.04 Å². The van der Waals surface area contributed by atoms with Gasteiger partial charge in [-0.25, -0.2) is 4.79 Å². The molecule has 0 bridgehead atoms. The number of carbonyl (C=O) groups is 2. The van der Waals surface area contributed by atoms with Gasteiger partial charge in [-0.1, -0.05) is 30.3 Å². The van der Waals surface area contributed by atoms with E-state index in [4.69, 9.17) is 0 Å². The van der Waals surface area contributed by atoms with E-state index >= 15 is 0 Å². The highest BCUT2D eigenvalue weighted by molar-refractivity contribution is 5.83. The molecule has 1 aliphatic carbocycles. The molecular formula is C15H20N2O3. The molecule has 2 N–H and O–H groups in total. The average Bonchev–Trinajstić information content (AvgIpc) is 3.22. The van der Waals surface area contributed by atoms with Crippen molar-refractivity contribution in [3.05, 3.63) is 35.9 Å². The van der Waals surface area contributed by atoms with Gasteiger partial charge in [-0.3, -0.25) is 4.79 Å². The molecule has 0 spiro atoms. The van der Waals surface area contributed by atoms with Crippen LogP contribution in [0.2, 0.25) is 0 Å². The van der Waals surface area contributed by atoms with Gasteiger partial charge >= 0.3 is 5.97 Å². The first-order valence-electron chi connectivity index (χ1n) is 6.75. The molecule has 1 aromatic carbocycles. The Morgan fingerprint density at radius 1 is 1.35 bits per heavy atom. The lowest BCUT2D eigenvalue weighted by Crippen LogP contribution is -2.47. The van der Waals surface area contributed by atoms with Gasteiger partial charge in [-0.2, -0.15) is 0 Å². The number of methoxy groups -OCH3 is 1. The quantitative estimate of drug-likeness (QED) is 0.755. The second-order valence-corrected chi connectivity index (χ2v) is 5.04. The Hall–Kier alpha value is -1.88. The van der Waals surface area contributed by atoms with Crippen LogP contribution in [0.1, 0.15) is 24.8 Å². The van der Waals surface area contributed by atoms with Gasteiger partial charge in [0, 0.05) is 25.4 Å². The summed E-state index contributed by atoms with van der Waals surface area (Å²) >= 11 is 0. The van der Waals surface area contributed by atoms with Crippen molar-refractivity contribution < 1.29 is 14.3 Å². The van der Waals surface area contributed by atoms with Crippen molar-refractivity contribution in [2.45, 2.75) is 31.3 Å². The van der Waals surface area contributed by atoms with Gasteiger partial charge < -0.3 is 15.4 Å². The van der Waals surface area contributed by atoms with E-state index in [9.17, 15) is 9.59 Å². The molecule has 0 aliphatic heterocycles. The Morgan fingerprint density at radius 2 is 2.05 bits per heavy atom. The number of amides is 1. The van der Waals surface area contributed by atoms with Gasteiger partial charge in [0.25, 0.3) is 0 Å². The number of hydrogen-bond acceptors (Lipinski definition) is 4. The maximum atomic E-state index is 11.6. The predicted octanol–water partition coefficient (Wildman–Crippen LogP) is 0.810. The van der Waals surface area contributed by atoms with Crippen LogP contribution in [-0.4, -0.2) is 37.6 Å². The number of nitrogens with one attached hydrogen (secondary N) is 2. The lowest BCUT2D eigenvalue weighted by atomic mass is 10.1. The van der Waals surface area contributed by atoms with Crippen molar-refractivity contribution in [2.75, 3.05) is 13.7 Å². The van der Waals surface area contributed by atoms with E-state index in [1.165, 1.54) is 19.6 Å². The van der Waals surface area contributed by atoms with Crippen LogP contribution >= 0.6 is 0 Å². The first kappa shape index (κ1) is 14.5. The Morgan fingerprint density at radius 3 is 2.65 bits per heavy atom. The van der Waals surface area contributed by atoms with Gasteiger partial charge in [-0.05, 0) is 12.0 Å². The van der Waals surface area contributed by atoms with Crippen LogP contribution in [0.25, 0.3) is 0 Å². The zero-order chi connectivity index (χ0) is 14.5. The first-order valence-corrected chi connectivity index (χ1v) is 6.75. The lowest BCUT2D eigenvalue weighted by molar-refractivity contribution is -0.144. The maximum Gasteiger partial charge on any atom is 0.329 e. The van der Waals surface area contributed by atoms with Gasteiger partial charge in [0.15, 0.2) is 0 Å². The Kier molecular flexibility index (Phi) is 4.74. The summed E-state index contributed by atoms with van der Waals surface area (Å²) in [5, 5.41) is 5.90. The molecule has 5 nitrogen and oxygen atoms in total. The summed E-state index contributed by atoms with van der Waals surface area (Å²) in [6, 6.07) is 10.0. The van der Waals surface area contributed by atoms with Crippen molar-refractivity contribution in [3.63, 3.8) is 0 Å². The average molecular weight is 276 g/mol. The molecule has 2 rings (SSSR count). The summed E-state index contributed by atoms with van der Waals surface area (Å²) in [7, 11) is 1.32. The minimum Gasteiger partial charge on any atom is -0.467 e. The summed E-state index contributed by atoms with van der Waals surface area (Å²) in [5.41, 5.74) is 1.30. The molecule has 3 unspecified atom stereocenters. The first-order chi connectivity index (χ1) is 9.61. The fourth-order valence-electron chi connectivity index (χ4n) is 2.34. The molecule has 1 aliphatic rings. The van der Waals surface area contributed by atoms with E-state index in [0.29, 0.717) is 18.5 Å². The van der Waals surface area contributed by atoms with Crippen LogP contribution in [0.4, 0.5) is 0 Å². The smallest absolute Gasteiger partial charge is 0.329 e. The van der Waals surface area contributed by atoms with Crippen LogP contribution in [0.5, 0.6) is 0 Å². The molecule has 1 amide bonds. The van der Waals surface area contributed by atoms with Crippen LogP contribution in [0, 0.1) is 0 Å². The third-order valence-corrected chi connectivity index (χ3v) is 3.47. The van der Waals surface area contributed by atoms with Gasteiger partial charge in [0.2, 0.25) is 5.91 Å². The topological polar surface area (TPSA) is 67.4 Å². The lowest BCUT2D eigenvalue weighted by Gasteiger charge is -2.16. The molecule has 1 aromatic rings. The fourth-order valence-corrected chi connectivity index (χ4v) is 2.34. The number of rotatable bonds is 6. The third kappa shape index (κ3) is 3.81. The molecule has 0 saturated heterocycles. The van der Waals surface area contributed by atoms with Crippen molar-refractivity contribution in [1.29, 1.82) is 0 Å².